The van der Waals surface area contributed by atoms with Gasteiger partial charge in [-0.25, -0.2) is 4.79 Å². The Morgan fingerprint density at radius 3 is 2.44 bits per heavy atom. The first-order valence-electron chi connectivity index (χ1n) is 7.58. The minimum Gasteiger partial charge on any atom is -0.324 e. The van der Waals surface area contributed by atoms with Gasteiger partial charge in [0.25, 0.3) is 0 Å². The maximum atomic E-state index is 13.0. The summed E-state index contributed by atoms with van der Waals surface area (Å²) in [4.78, 5) is 16.0. The van der Waals surface area contributed by atoms with Crippen molar-refractivity contribution in [2.24, 2.45) is 5.73 Å². The highest BCUT2D eigenvalue weighted by atomic mass is 35.5. The molecule has 138 valence electrons. The molecular weight excluding hydrogens is 359 g/mol. The van der Waals surface area contributed by atoms with Crippen LogP contribution in [0.3, 0.4) is 0 Å². The fraction of sp³-hybridized carbons (Fsp3) is 0.533. The molecule has 0 unspecified atom stereocenters. The molecule has 0 saturated heterocycles. The van der Waals surface area contributed by atoms with Gasteiger partial charge in [0.1, 0.15) is 0 Å². The van der Waals surface area contributed by atoms with Crippen LogP contribution < -0.4 is 11.4 Å². The Morgan fingerprint density at radius 2 is 1.96 bits per heavy atom. The van der Waals surface area contributed by atoms with Gasteiger partial charge in [0.2, 0.25) is 0 Å². The number of nitrogens with two attached hydrogens (primary N) is 1. The molecular formula is C15H19ClF3N5O. The molecule has 3 rings (SSSR count). The van der Waals surface area contributed by atoms with E-state index in [-0.39, 0.29) is 36.4 Å². The Labute approximate surface area is 148 Å². The lowest BCUT2D eigenvalue weighted by Crippen LogP contribution is -2.37. The molecule has 1 fully saturated rings. The first-order chi connectivity index (χ1) is 11.0. The van der Waals surface area contributed by atoms with Gasteiger partial charge in [-0.3, -0.25) is 9.25 Å². The second-order valence-corrected chi connectivity index (χ2v) is 6.79. The zero-order valence-electron chi connectivity index (χ0n) is 13.7. The van der Waals surface area contributed by atoms with Gasteiger partial charge in [0.15, 0.2) is 5.69 Å². The minimum atomic E-state index is -4.58. The summed E-state index contributed by atoms with van der Waals surface area (Å²) in [6, 6.07) is 2.59. The van der Waals surface area contributed by atoms with Crippen LogP contribution in [0, 0.1) is 0 Å². The normalized spacial score (nSPS) is 15.1. The second kappa shape index (κ2) is 6.45. The molecule has 0 spiro atoms. The molecule has 0 aromatic carbocycles. The fourth-order valence-electron chi connectivity index (χ4n) is 2.45. The van der Waals surface area contributed by atoms with Crippen molar-refractivity contribution in [3.05, 3.63) is 34.5 Å². The molecule has 6 nitrogen and oxygen atoms in total. The standard InChI is InChI=1S/C15H18F3N5O.ClH/c1-14(2,19)8-23-11(7-12(21-23)15(16,17)18)10-5-6-22(9-3-4-9)13(24)20-10;/h5-7,9H,3-4,8,19H2,1-2H3;1H. The molecule has 10 heteroatoms. The van der Waals surface area contributed by atoms with E-state index in [9.17, 15) is 18.0 Å². The molecule has 25 heavy (non-hydrogen) atoms. The maximum absolute atomic E-state index is 13.0. The third kappa shape index (κ3) is 4.40. The van der Waals surface area contributed by atoms with Crippen molar-refractivity contribution in [1.82, 2.24) is 19.3 Å². The van der Waals surface area contributed by atoms with Crippen LogP contribution >= 0.6 is 12.4 Å². The molecule has 0 amide bonds. The van der Waals surface area contributed by atoms with Crippen LogP contribution in [-0.2, 0) is 12.7 Å². The summed E-state index contributed by atoms with van der Waals surface area (Å²) < 4.78 is 41.6. The van der Waals surface area contributed by atoms with E-state index < -0.39 is 23.1 Å². The molecule has 0 bridgehead atoms. The van der Waals surface area contributed by atoms with Crippen molar-refractivity contribution >= 4 is 12.4 Å². The lowest BCUT2D eigenvalue weighted by Gasteiger charge is -2.19. The largest absolute Gasteiger partial charge is 0.435 e. The first kappa shape index (κ1) is 19.5. The van der Waals surface area contributed by atoms with E-state index in [1.807, 2.05) is 0 Å². The van der Waals surface area contributed by atoms with Crippen LogP contribution in [0.15, 0.2) is 23.1 Å². The number of rotatable bonds is 4. The molecule has 1 aliphatic rings. The molecule has 0 radical (unpaired) electrons. The molecule has 2 aromatic heterocycles. The van der Waals surface area contributed by atoms with E-state index >= 15 is 0 Å². The SMILES string of the molecule is CC(C)(N)Cn1nc(C(F)(F)F)cc1-c1ccn(C2CC2)c(=O)n1.Cl. The predicted molar refractivity (Wildman–Crippen MR) is 88.5 cm³/mol. The number of nitrogens with zero attached hydrogens (tertiary/aromatic N) is 4. The maximum Gasteiger partial charge on any atom is 0.435 e. The van der Waals surface area contributed by atoms with Crippen LogP contribution in [0.1, 0.15) is 38.4 Å². The summed E-state index contributed by atoms with van der Waals surface area (Å²) in [7, 11) is 0. The molecule has 1 saturated carbocycles. The third-order valence-electron chi connectivity index (χ3n) is 3.66. The average Bonchev–Trinajstić information content (AvgIpc) is 3.17. The van der Waals surface area contributed by atoms with Gasteiger partial charge in [0, 0.05) is 17.8 Å². The van der Waals surface area contributed by atoms with Crippen molar-refractivity contribution in [3.63, 3.8) is 0 Å². The van der Waals surface area contributed by atoms with Crippen molar-refractivity contribution in [1.29, 1.82) is 0 Å². The minimum absolute atomic E-state index is 0. The van der Waals surface area contributed by atoms with Crippen molar-refractivity contribution in [3.8, 4) is 11.4 Å². The van der Waals surface area contributed by atoms with E-state index in [1.165, 1.54) is 10.6 Å². The van der Waals surface area contributed by atoms with Gasteiger partial charge in [-0.15, -0.1) is 12.4 Å². The van der Waals surface area contributed by atoms with Crippen molar-refractivity contribution in [2.75, 3.05) is 0 Å². The monoisotopic (exact) mass is 377 g/mol. The second-order valence-electron chi connectivity index (χ2n) is 6.79. The van der Waals surface area contributed by atoms with Gasteiger partial charge in [-0.2, -0.15) is 23.3 Å². The summed E-state index contributed by atoms with van der Waals surface area (Å²) >= 11 is 0. The highest BCUT2D eigenvalue weighted by molar-refractivity contribution is 5.85. The molecule has 2 aromatic rings. The van der Waals surface area contributed by atoms with Crippen LogP contribution in [-0.4, -0.2) is 24.9 Å². The van der Waals surface area contributed by atoms with E-state index in [1.54, 1.807) is 20.0 Å². The van der Waals surface area contributed by atoms with Crippen molar-refractivity contribution in [2.45, 2.75) is 51.0 Å². The third-order valence-corrected chi connectivity index (χ3v) is 3.66. The van der Waals surface area contributed by atoms with Crippen LogP contribution in [0.4, 0.5) is 13.2 Å². The van der Waals surface area contributed by atoms with Gasteiger partial charge < -0.3 is 5.73 Å². The molecule has 1 aliphatic carbocycles. The molecule has 2 heterocycles. The number of halogens is 4. The van der Waals surface area contributed by atoms with E-state index in [2.05, 4.69) is 10.1 Å². The smallest absolute Gasteiger partial charge is 0.324 e. The van der Waals surface area contributed by atoms with Crippen LogP contribution in [0.25, 0.3) is 11.4 Å². The lowest BCUT2D eigenvalue weighted by molar-refractivity contribution is -0.141. The van der Waals surface area contributed by atoms with E-state index in [0.717, 1.165) is 23.6 Å². The van der Waals surface area contributed by atoms with Crippen molar-refractivity contribution < 1.29 is 13.2 Å². The molecule has 0 aliphatic heterocycles. The molecule has 2 N–H and O–H groups in total. The molecule has 0 atom stereocenters. The van der Waals surface area contributed by atoms with E-state index in [4.69, 9.17) is 5.73 Å². The summed E-state index contributed by atoms with van der Waals surface area (Å²) in [6.45, 7) is 3.43. The Hall–Kier alpha value is -1.87. The number of alkyl halides is 3. The zero-order valence-corrected chi connectivity index (χ0v) is 14.6. The van der Waals surface area contributed by atoms with Gasteiger partial charge in [0.05, 0.1) is 17.9 Å². The highest BCUT2D eigenvalue weighted by Gasteiger charge is 2.36. The Bertz CT molecular complexity index is 818. The summed E-state index contributed by atoms with van der Waals surface area (Å²) in [5.41, 5.74) is 3.92. The Kier molecular flexibility index (Phi) is 5.02. The summed E-state index contributed by atoms with van der Waals surface area (Å²) in [6.07, 6.45) is -1.18. The number of hydrogen-bond acceptors (Lipinski definition) is 4. The van der Waals surface area contributed by atoms with Gasteiger partial charge in [-0.05, 0) is 38.8 Å². The number of hydrogen-bond donors (Lipinski definition) is 1. The average molecular weight is 378 g/mol. The zero-order chi connectivity index (χ0) is 17.7. The quantitative estimate of drug-likeness (QED) is 0.888. The number of aromatic nitrogens is 4. The topological polar surface area (TPSA) is 78.7 Å². The van der Waals surface area contributed by atoms with E-state index in [0.29, 0.717) is 0 Å². The van der Waals surface area contributed by atoms with Gasteiger partial charge in [-0.1, -0.05) is 0 Å². The van der Waals surface area contributed by atoms with Crippen LogP contribution in [0.2, 0.25) is 0 Å². The lowest BCUT2D eigenvalue weighted by atomic mass is 10.1. The Morgan fingerprint density at radius 1 is 1.32 bits per heavy atom. The summed E-state index contributed by atoms with van der Waals surface area (Å²) in [5.74, 6) is 0. The van der Waals surface area contributed by atoms with Gasteiger partial charge >= 0.3 is 11.9 Å². The first-order valence-corrected chi connectivity index (χ1v) is 7.58. The Balaban J connectivity index is 0.00000225. The van der Waals surface area contributed by atoms with Crippen LogP contribution in [0.5, 0.6) is 0 Å². The predicted octanol–water partition coefficient (Wildman–Crippen LogP) is 2.62. The highest BCUT2D eigenvalue weighted by Crippen LogP contribution is 2.34. The fourth-order valence-corrected chi connectivity index (χ4v) is 2.45. The summed E-state index contributed by atoms with van der Waals surface area (Å²) in [5, 5.41) is 3.61.